The van der Waals surface area contributed by atoms with Gasteiger partial charge in [-0.3, -0.25) is 19.8 Å². The Hall–Kier alpha value is -3.24. The number of benzene rings is 1. The first-order chi connectivity index (χ1) is 13.0. The molecule has 27 heavy (non-hydrogen) atoms. The van der Waals surface area contributed by atoms with Gasteiger partial charge in [0.25, 0.3) is 11.8 Å². The number of tetrazole rings is 1. The van der Waals surface area contributed by atoms with Crippen LogP contribution in [0, 0.1) is 6.92 Å². The molecule has 1 fully saturated rings. The molecule has 0 bridgehead atoms. The van der Waals surface area contributed by atoms with Gasteiger partial charge in [-0.1, -0.05) is 0 Å². The molecule has 3 heterocycles. The Kier molecular flexibility index (Phi) is 4.34. The van der Waals surface area contributed by atoms with E-state index in [2.05, 4.69) is 25.9 Å². The normalized spacial score (nSPS) is 16.1. The van der Waals surface area contributed by atoms with Crippen molar-refractivity contribution >= 4 is 52.2 Å². The van der Waals surface area contributed by atoms with Gasteiger partial charge in [0.1, 0.15) is 5.57 Å². The van der Waals surface area contributed by atoms with Gasteiger partial charge >= 0.3 is 0 Å². The fraction of sp³-hybridized carbons (Fsp3) is 0.0588. The van der Waals surface area contributed by atoms with Gasteiger partial charge < -0.3 is 0 Å². The minimum absolute atomic E-state index is 0.0349. The molecule has 0 spiro atoms. The van der Waals surface area contributed by atoms with Crippen LogP contribution in [0.5, 0.6) is 0 Å². The zero-order valence-electron chi connectivity index (χ0n) is 14.0. The molecular formula is C17H12N6O2S2. The Labute approximate surface area is 162 Å². The number of hydrogen-bond donors (Lipinski definition) is 2. The molecule has 8 nitrogen and oxygen atoms in total. The van der Waals surface area contributed by atoms with Crippen molar-refractivity contribution in [1.82, 2.24) is 25.9 Å². The van der Waals surface area contributed by atoms with E-state index in [1.807, 2.05) is 19.1 Å². The van der Waals surface area contributed by atoms with Crippen molar-refractivity contribution in [2.75, 3.05) is 4.90 Å². The van der Waals surface area contributed by atoms with Gasteiger partial charge in [0.15, 0.2) is 5.11 Å². The highest BCUT2D eigenvalue weighted by Gasteiger charge is 2.34. The number of carbonyl (C=O) groups excluding carboxylic acids is 2. The molecule has 0 aliphatic carbocycles. The molecule has 2 amide bonds. The van der Waals surface area contributed by atoms with Gasteiger partial charge in [-0.2, -0.15) is 5.21 Å². The van der Waals surface area contributed by atoms with Gasteiger partial charge in [-0.15, -0.1) is 21.5 Å². The number of thiophene rings is 1. The number of aromatic nitrogens is 4. The van der Waals surface area contributed by atoms with Crippen LogP contribution in [-0.4, -0.2) is 37.6 Å². The van der Waals surface area contributed by atoms with E-state index < -0.39 is 11.8 Å². The largest absolute Gasteiger partial charge is 0.298 e. The molecule has 0 atom stereocenters. The molecule has 4 rings (SSSR count). The second kappa shape index (κ2) is 6.82. The first-order valence-electron chi connectivity index (χ1n) is 7.85. The standard InChI is InChI=1S/C17H12N6O2S2/c1-9-2-7-12(27-9)8-13-15(24)18-17(26)23(16(13)25)11-5-3-10(4-6-11)14-19-21-22-20-14/h2-8H,1H3,(H,18,24,26)(H,19,20,21,22)/b13-8+. The molecular weight excluding hydrogens is 384 g/mol. The molecule has 1 aliphatic rings. The summed E-state index contributed by atoms with van der Waals surface area (Å²) in [7, 11) is 0. The van der Waals surface area contributed by atoms with Crippen LogP contribution in [-0.2, 0) is 9.59 Å². The molecule has 1 saturated heterocycles. The van der Waals surface area contributed by atoms with E-state index >= 15 is 0 Å². The van der Waals surface area contributed by atoms with Crippen LogP contribution >= 0.6 is 23.6 Å². The van der Waals surface area contributed by atoms with E-state index in [4.69, 9.17) is 12.2 Å². The van der Waals surface area contributed by atoms with Gasteiger partial charge in [0.05, 0.1) is 5.69 Å². The summed E-state index contributed by atoms with van der Waals surface area (Å²) in [6, 6.07) is 10.7. The zero-order chi connectivity index (χ0) is 19.0. The first kappa shape index (κ1) is 17.2. The summed E-state index contributed by atoms with van der Waals surface area (Å²) in [5, 5.41) is 16.3. The minimum atomic E-state index is -0.504. The summed E-state index contributed by atoms with van der Waals surface area (Å²) in [6.07, 6.45) is 1.58. The third-order valence-electron chi connectivity index (χ3n) is 3.88. The van der Waals surface area contributed by atoms with Crippen LogP contribution in [0.2, 0.25) is 0 Å². The highest BCUT2D eigenvalue weighted by Crippen LogP contribution is 2.26. The predicted molar refractivity (Wildman–Crippen MR) is 105 cm³/mol. The average molecular weight is 396 g/mol. The monoisotopic (exact) mass is 396 g/mol. The highest BCUT2D eigenvalue weighted by molar-refractivity contribution is 7.80. The number of hydrogen-bond acceptors (Lipinski definition) is 7. The highest BCUT2D eigenvalue weighted by atomic mass is 32.1. The predicted octanol–water partition coefficient (Wildman–Crippen LogP) is 2.07. The lowest BCUT2D eigenvalue weighted by atomic mass is 10.1. The first-order valence-corrected chi connectivity index (χ1v) is 9.07. The lowest BCUT2D eigenvalue weighted by Crippen LogP contribution is -2.54. The van der Waals surface area contributed by atoms with E-state index in [9.17, 15) is 9.59 Å². The number of anilines is 1. The summed E-state index contributed by atoms with van der Waals surface area (Å²) >= 11 is 6.71. The number of thiocarbonyl (C=S) groups is 1. The molecule has 0 unspecified atom stereocenters. The van der Waals surface area contributed by atoms with Crippen LogP contribution in [0.1, 0.15) is 9.75 Å². The van der Waals surface area contributed by atoms with Gasteiger partial charge in [0, 0.05) is 15.3 Å². The lowest BCUT2D eigenvalue weighted by molar-refractivity contribution is -0.122. The molecule has 0 radical (unpaired) electrons. The second-order valence-electron chi connectivity index (χ2n) is 5.69. The van der Waals surface area contributed by atoms with E-state index in [0.717, 1.165) is 15.3 Å². The minimum Gasteiger partial charge on any atom is -0.298 e. The number of aromatic amines is 1. The molecule has 1 aliphatic heterocycles. The van der Waals surface area contributed by atoms with Crippen molar-refractivity contribution in [3.63, 3.8) is 0 Å². The molecule has 2 N–H and O–H groups in total. The van der Waals surface area contributed by atoms with E-state index in [0.29, 0.717) is 11.5 Å². The van der Waals surface area contributed by atoms with E-state index in [-0.39, 0.29) is 10.7 Å². The van der Waals surface area contributed by atoms with Crippen molar-refractivity contribution in [2.24, 2.45) is 0 Å². The third kappa shape index (κ3) is 3.27. The summed E-state index contributed by atoms with van der Waals surface area (Å²) < 4.78 is 0. The number of amides is 2. The molecule has 3 aromatic rings. The molecule has 0 saturated carbocycles. The quantitative estimate of drug-likeness (QED) is 0.399. The Morgan fingerprint density at radius 2 is 1.93 bits per heavy atom. The van der Waals surface area contributed by atoms with Gasteiger partial charge in [0.2, 0.25) is 5.82 Å². The fourth-order valence-corrected chi connectivity index (χ4v) is 3.71. The van der Waals surface area contributed by atoms with Crippen LogP contribution in [0.25, 0.3) is 17.5 Å². The Morgan fingerprint density at radius 1 is 1.15 bits per heavy atom. The number of aryl methyl sites for hydroxylation is 1. The molecule has 1 aromatic carbocycles. The van der Waals surface area contributed by atoms with Crippen molar-refractivity contribution in [3.8, 4) is 11.4 Å². The van der Waals surface area contributed by atoms with Crippen LogP contribution in [0.15, 0.2) is 42.0 Å². The fourth-order valence-electron chi connectivity index (χ4n) is 2.61. The summed E-state index contributed by atoms with van der Waals surface area (Å²) in [5.41, 5.74) is 1.30. The topological polar surface area (TPSA) is 104 Å². The summed E-state index contributed by atoms with van der Waals surface area (Å²) in [5.74, 6) is -0.533. The van der Waals surface area contributed by atoms with Crippen molar-refractivity contribution < 1.29 is 9.59 Å². The number of nitrogens with zero attached hydrogens (tertiary/aromatic N) is 4. The maximum atomic E-state index is 12.9. The molecule has 10 heteroatoms. The molecule has 2 aromatic heterocycles. The van der Waals surface area contributed by atoms with Crippen LogP contribution < -0.4 is 10.2 Å². The number of H-pyrrole nitrogens is 1. The van der Waals surface area contributed by atoms with Gasteiger partial charge in [-0.05, 0) is 66.8 Å². The number of rotatable bonds is 3. The zero-order valence-corrected chi connectivity index (χ0v) is 15.6. The third-order valence-corrected chi connectivity index (χ3v) is 5.11. The number of carbonyl (C=O) groups is 2. The average Bonchev–Trinajstić information content (AvgIpc) is 3.31. The molecule has 134 valence electrons. The van der Waals surface area contributed by atoms with Crippen molar-refractivity contribution in [1.29, 1.82) is 0 Å². The van der Waals surface area contributed by atoms with Crippen molar-refractivity contribution in [3.05, 3.63) is 51.7 Å². The Balaban J connectivity index is 1.67. The SMILES string of the molecule is Cc1ccc(/C=C2\C(=O)NC(=S)N(c3ccc(-c4nn[nH]n4)cc3)C2=O)s1. The summed E-state index contributed by atoms with van der Waals surface area (Å²) in [6.45, 7) is 1.96. The smallest absolute Gasteiger partial charge is 0.270 e. The van der Waals surface area contributed by atoms with E-state index in [1.54, 1.807) is 30.3 Å². The van der Waals surface area contributed by atoms with E-state index in [1.165, 1.54) is 16.2 Å². The lowest BCUT2D eigenvalue weighted by Gasteiger charge is -2.28. The Bertz CT molecular complexity index is 1070. The Morgan fingerprint density at radius 3 is 2.56 bits per heavy atom. The van der Waals surface area contributed by atoms with Gasteiger partial charge in [-0.25, -0.2) is 0 Å². The van der Waals surface area contributed by atoms with Crippen molar-refractivity contribution in [2.45, 2.75) is 6.92 Å². The maximum absolute atomic E-state index is 12.9. The van der Waals surface area contributed by atoms with Crippen LogP contribution in [0.3, 0.4) is 0 Å². The second-order valence-corrected chi connectivity index (χ2v) is 7.39. The number of nitrogens with one attached hydrogen (secondary N) is 2. The maximum Gasteiger partial charge on any atom is 0.270 e. The van der Waals surface area contributed by atoms with Crippen LogP contribution in [0.4, 0.5) is 5.69 Å². The summed E-state index contributed by atoms with van der Waals surface area (Å²) in [4.78, 5) is 28.4.